The third-order valence-electron chi connectivity index (χ3n) is 3.44. The van der Waals surface area contributed by atoms with Crippen molar-refractivity contribution in [1.29, 1.82) is 0 Å². The number of methoxy groups -OCH3 is 2. The Morgan fingerprint density at radius 3 is 2.18 bits per heavy atom. The zero-order chi connectivity index (χ0) is 16.5. The first kappa shape index (κ1) is 17.3. The normalized spacial score (nSPS) is 23.3. The summed E-state index contributed by atoms with van der Waals surface area (Å²) in [5, 5.41) is 0.294. The van der Waals surface area contributed by atoms with Crippen LogP contribution in [0.25, 0.3) is 0 Å². The second-order valence-corrected chi connectivity index (χ2v) is 7.53. The van der Waals surface area contributed by atoms with Gasteiger partial charge in [-0.1, -0.05) is 11.6 Å². The Bertz CT molecular complexity index is 639. The number of benzene rings is 1. The minimum atomic E-state index is -3.73. The van der Waals surface area contributed by atoms with Crippen LogP contribution in [0, 0.1) is 0 Å². The number of nitrogens with zero attached hydrogens (tertiary/aromatic N) is 1. The monoisotopic (exact) mass is 349 g/mol. The van der Waals surface area contributed by atoms with Gasteiger partial charge in [-0.3, -0.25) is 0 Å². The van der Waals surface area contributed by atoms with E-state index >= 15 is 0 Å². The molecule has 1 fully saturated rings. The summed E-state index contributed by atoms with van der Waals surface area (Å²) in [5.41, 5.74) is 0. The van der Waals surface area contributed by atoms with Crippen molar-refractivity contribution in [2.24, 2.45) is 0 Å². The molecule has 0 unspecified atom stereocenters. The predicted molar refractivity (Wildman–Crippen MR) is 83.3 cm³/mol. The van der Waals surface area contributed by atoms with Gasteiger partial charge in [0.15, 0.2) is 0 Å². The number of sulfonamides is 1. The van der Waals surface area contributed by atoms with E-state index in [0.29, 0.717) is 18.1 Å². The van der Waals surface area contributed by atoms with Gasteiger partial charge in [-0.2, -0.15) is 4.31 Å². The number of hydrogen-bond acceptors (Lipinski definition) is 5. The second kappa shape index (κ2) is 6.62. The molecule has 1 aromatic rings. The highest BCUT2D eigenvalue weighted by Gasteiger charge is 2.34. The van der Waals surface area contributed by atoms with Gasteiger partial charge in [-0.25, -0.2) is 8.42 Å². The van der Waals surface area contributed by atoms with Crippen molar-refractivity contribution in [1.82, 2.24) is 4.31 Å². The van der Waals surface area contributed by atoms with Gasteiger partial charge < -0.3 is 14.2 Å². The summed E-state index contributed by atoms with van der Waals surface area (Å²) in [4.78, 5) is 0.0394. The van der Waals surface area contributed by atoms with Crippen LogP contribution in [0.4, 0.5) is 0 Å². The van der Waals surface area contributed by atoms with Crippen LogP contribution in [0.1, 0.15) is 13.8 Å². The van der Waals surface area contributed by atoms with E-state index < -0.39 is 10.0 Å². The van der Waals surface area contributed by atoms with E-state index in [1.54, 1.807) is 0 Å². The SMILES string of the molecule is COc1cc(S(=O)(=O)N2C[C@@H](C)O[C@H](C)C2)c(OC)cc1Cl. The number of rotatable bonds is 4. The molecule has 2 atom stereocenters. The summed E-state index contributed by atoms with van der Waals surface area (Å²) in [6.07, 6.45) is -0.336. The molecule has 0 aromatic heterocycles. The Morgan fingerprint density at radius 1 is 1.14 bits per heavy atom. The Labute approximate surface area is 136 Å². The van der Waals surface area contributed by atoms with E-state index in [4.69, 9.17) is 25.8 Å². The quantitative estimate of drug-likeness (QED) is 0.833. The van der Waals surface area contributed by atoms with E-state index in [1.165, 1.54) is 30.7 Å². The topological polar surface area (TPSA) is 65.1 Å². The summed E-state index contributed by atoms with van der Waals surface area (Å²) in [6.45, 7) is 4.28. The summed E-state index contributed by atoms with van der Waals surface area (Å²) in [6, 6.07) is 2.84. The number of morpholine rings is 1. The fourth-order valence-corrected chi connectivity index (χ4v) is 4.47. The Hall–Kier alpha value is -1.02. The van der Waals surface area contributed by atoms with Crippen molar-refractivity contribution >= 4 is 21.6 Å². The van der Waals surface area contributed by atoms with Crippen molar-refractivity contribution in [2.75, 3.05) is 27.3 Å². The molecule has 0 spiro atoms. The van der Waals surface area contributed by atoms with E-state index in [9.17, 15) is 8.42 Å². The Morgan fingerprint density at radius 2 is 1.68 bits per heavy atom. The minimum absolute atomic E-state index is 0.0394. The van der Waals surface area contributed by atoms with Crippen molar-refractivity contribution < 1.29 is 22.6 Å². The van der Waals surface area contributed by atoms with Gasteiger partial charge in [-0.15, -0.1) is 0 Å². The van der Waals surface area contributed by atoms with E-state index in [-0.39, 0.29) is 28.6 Å². The fourth-order valence-electron chi connectivity index (χ4n) is 2.50. The summed E-state index contributed by atoms with van der Waals surface area (Å²) < 4.78 is 43.1. The van der Waals surface area contributed by atoms with Gasteiger partial charge in [0.05, 0.1) is 31.5 Å². The average Bonchev–Trinajstić information content (AvgIpc) is 2.45. The highest BCUT2D eigenvalue weighted by molar-refractivity contribution is 7.89. The average molecular weight is 350 g/mol. The lowest BCUT2D eigenvalue weighted by Gasteiger charge is -2.34. The van der Waals surface area contributed by atoms with Crippen LogP contribution >= 0.6 is 11.6 Å². The Balaban J connectivity index is 2.48. The number of ether oxygens (including phenoxy) is 3. The highest BCUT2D eigenvalue weighted by Crippen LogP contribution is 2.37. The zero-order valence-electron chi connectivity index (χ0n) is 13.0. The lowest BCUT2D eigenvalue weighted by atomic mass is 10.3. The van der Waals surface area contributed by atoms with E-state index in [1.807, 2.05) is 13.8 Å². The lowest BCUT2D eigenvalue weighted by Crippen LogP contribution is -2.48. The van der Waals surface area contributed by atoms with Crippen molar-refractivity contribution in [2.45, 2.75) is 31.0 Å². The fraction of sp³-hybridized carbons (Fsp3) is 0.571. The van der Waals surface area contributed by atoms with Gasteiger partial charge in [0.2, 0.25) is 10.0 Å². The molecule has 1 saturated heterocycles. The molecule has 0 N–H and O–H groups in total. The molecule has 0 amide bonds. The minimum Gasteiger partial charge on any atom is -0.495 e. The summed E-state index contributed by atoms with van der Waals surface area (Å²) >= 11 is 6.03. The predicted octanol–water partition coefficient (Wildman–Crippen LogP) is 2.16. The van der Waals surface area contributed by atoms with Crippen LogP contribution in [0.5, 0.6) is 11.5 Å². The molecule has 1 aromatic carbocycles. The van der Waals surface area contributed by atoms with Crippen LogP contribution < -0.4 is 9.47 Å². The summed E-state index contributed by atoms with van der Waals surface area (Å²) in [7, 11) is -0.892. The molecule has 124 valence electrons. The Kier molecular flexibility index (Phi) is 5.21. The maximum absolute atomic E-state index is 12.9. The van der Waals surface area contributed by atoms with E-state index in [0.717, 1.165) is 0 Å². The molecule has 8 heteroatoms. The molecule has 0 aliphatic carbocycles. The highest BCUT2D eigenvalue weighted by atomic mass is 35.5. The van der Waals surface area contributed by atoms with Crippen LogP contribution in [-0.2, 0) is 14.8 Å². The van der Waals surface area contributed by atoms with Gasteiger partial charge in [0.25, 0.3) is 0 Å². The van der Waals surface area contributed by atoms with Gasteiger partial charge in [0.1, 0.15) is 16.4 Å². The number of halogens is 1. The maximum atomic E-state index is 12.9. The molecular formula is C14H20ClNO5S. The maximum Gasteiger partial charge on any atom is 0.247 e. The molecule has 0 radical (unpaired) electrons. The van der Waals surface area contributed by atoms with Gasteiger partial charge in [-0.05, 0) is 13.8 Å². The van der Waals surface area contributed by atoms with Crippen LogP contribution in [0.15, 0.2) is 17.0 Å². The molecule has 2 rings (SSSR count). The lowest BCUT2D eigenvalue weighted by molar-refractivity contribution is -0.0441. The van der Waals surface area contributed by atoms with Crippen LogP contribution in [0.3, 0.4) is 0 Å². The molecular weight excluding hydrogens is 330 g/mol. The van der Waals surface area contributed by atoms with E-state index in [2.05, 4.69) is 0 Å². The third kappa shape index (κ3) is 3.32. The first-order chi connectivity index (χ1) is 10.3. The van der Waals surface area contributed by atoms with Crippen molar-refractivity contribution in [3.05, 3.63) is 17.2 Å². The molecule has 6 nitrogen and oxygen atoms in total. The first-order valence-corrected chi connectivity index (χ1v) is 8.68. The molecule has 0 bridgehead atoms. The first-order valence-electron chi connectivity index (χ1n) is 6.86. The second-order valence-electron chi connectivity index (χ2n) is 5.22. The van der Waals surface area contributed by atoms with Crippen LogP contribution in [0.2, 0.25) is 5.02 Å². The van der Waals surface area contributed by atoms with Gasteiger partial charge >= 0.3 is 0 Å². The van der Waals surface area contributed by atoms with Crippen LogP contribution in [-0.4, -0.2) is 52.2 Å². The number of hydrogen-bond donors (Lipinski definition) is 0. The molecule has 1 heterocycles. The van der Waals surface area contributed by atoms with Crippen molar-refractivity contribution in [3.8, 4) is 11.5 Å². The largest absolute Gasteiger partial charge is 0.495 e. The molecule has 1 aliphatic rings. The molecule has 0 saturated carbocycles. The third-order valence-corrected chi connectivity index (χ3v) is 5.59. The smallest absolute Gasteiger partial charge is 0.247 e. The van der Waals surface area contributed by atoms with Crippen molar-refractivity contribution in [3.63, 3.8) is 0 Å². The van der Waals surface area contributed by atoms with Gasteiger partial charge in [0, 0.05) is 25.2 Å². The molecule has 1 aliphatic heterocycles. The zero-order valence-corrected chi connectivity index (χ0v) is 14.6. The standard InChI is InChI=1S/C14H20ClNO5S/c1-9-7-16(8-10(2)21-9)22(17,18)14-6-12(19-3)11(15)5-13(14)20-4/h5-6,9-10H,7-8H2,1-4H3/t9-,10-/m1/s1. The molecule has 22 heavy (non-hydrogen) atoms. The summed E-state index contributed by atoms with van der Waals surface area (Å²) in [5.74, 6) is 0.480.